The van der Waals surface area contributed by atoms with E-state index in [2.05, 4.69) is 12.6 Å². The fourth-order valence-electron chi connectivity index (χ4n) is 0.443. The van der Waals surface area contributed by atoms with Crippen molar-refractivity contribution >= 4 is 42.2 Å². The zero-order valence-corrected chi connectivity index (χ0v) is 5.01. The molecule has 0 radical (unpaired) electrons. The first-order chi connectivity index (χ1) is 3.79. The molecule has 0 saturated carbocycles. The molecule has 0 aromatic carbocycles. The van der Waals surface area contributed by atoms with E-state index in [1.807, 2.05) is 0 Å². The normalized spacial score (nSPS) is 8.11. The molecule has 1 heterocycles. The molecule has 0 saturated heterocycles. The summed E-state index contributed by atoms with van der Waals surface area (Å²) in [5, 5.41) is 10.4. The van der Waals surface area contributed by atoms with Crippen LogP contribution in [0.4, 0.5) is 0 Å². The van der Waals surface area contributed by atoms with Crippen molar-refractivity contribution in [2.75, 3.05) is 0 Å². The van der Waals surface area contributed by atoms with Crippen LogP contribution >= 0.6 is 12.6 Å². The molecule has 1 aromatic heterocycles. The van der Waals surface area contributed by atoms with Crippen molar-refractivity contribution in [2.24, 2.45) is 0 Å². The number of rotatable bonds is 0. The van der Waals surface area contributed by atoms with Gasteiger partial charge in [-0.3, -0.25) is 0 Å². The van der Waals surface area contributed by atoms with Crippen LogP contribution < -0.4 is 4.73 Å². The summed E-state index contributed by atoms with van der Waals surface area (Å²) in [4.78, 5) is 0.683. The number of pyridine rings is 1. The smallest absolute Gasteiger partial charge is 0.193 e. The molecule has 0 aliphatic heterocycles. The molecular weight excluding hydrogens is 145 g/mol. The van der Waals surface area contributed by atoms with Crippen molar-refractivity contribution in [3.63, 3.8) is 0 Å². The number of hydrogen-bond donors (Lipinski definition) is 1. The van der Waals surface area contributed by atoms with E-state index in [1.54, 1.807) is 12.1 Å². The van der Waals surface area contributed by atoms with Crippen molar-refractivity contribution < 1.29 is 4.73 Å². The van der Waals surface area contributed by atoms with Gasteiger partial charge in [0.05, 0.1) is 4.90 Å². The van der Waals surface area contributed by atoms with Crippen LogP contribution in [0, 0.1) is 5.21 Å². The Balaban J connectivity index is 0.000000640. The van der Waals surface area contributed by atoms with Gasteiger partial charge in [-0.15, -0.1) is 12.6 Å². The molecule has 0 aliphatic carbocycles. The van der Waals surface area contributed by atoms with Gasteiger partial charge in [-0.05, 0) is 6.07 Å². The third-order valence-electron chi connectivity index (χ3n) is 0.759. The Kier molecular flexibility index (Phi) is 4.31. The predicted octanol–water partition coefficient (Wildman–Crippen LogP) is -0.0398. The minimum Gasteiger partial charge on any atom is -0.619 e. The maximum Gasteiger partial charge on any atom is 0.193 e. The van der Waals surface area contributed by atoms with Crippen LogP contribution in [0.15, 0.2) is 29.4 Å². The second-order valence-corrected chi connectivity index (χ2v) is 1.94. The zero-order chi connectivity index (χ0) is 5.98. The number of nitrogens with zero attached hydrogens (tertiary/aromatic N) is 1. The van der Waals surface area contributed by atoms with E-state index in [1.165, 1.54) is 12.4 Å². The van der Waals surface area contributed by atoms with Crippen LogP contribution in [0.1, 0.15) is 0 Å². The molecule has 4 heteroatoms. The van der Waals surface area contributed by atoms with Crippen molar-refractivity contribution in [3.05, 3.63) is 29.7 Å². The first-order valence-corrected chi connectivity index (χ1v) is 2.61. The molecule has 2 nitrogen and oxygen atoms in total. The number of thiol groups is 1. The second kappa shape index (κ2) is 4.17. The van der Waals surface area contributed by atoms with Crippen LogP contribution in [0.25, 0.3) is 0 Å². The van der Waals surface area contributed by atoms with Crippen LogP contribution in [-0.2, 0) is 0 Å². The summed E-state index contributed by atoms with van der Waals surface area (Å²) in [5.41, 5.74) is 0. The molecule has 0 N–H and O–H groups in total. The van der Waals surface area contributed by atoms with E-state index in [9.17, 15) is 5.21 Å². The van der Waals surface area contributed by atoms with Crippen LogP contribution in [0.2, 0.25) is 0 Å². The average molecular weight is 151 g/mol. The fourth-order valence-corrected chi connectivity index (χ4v) is 0.643. The van der Waals surface area contributed by atoms with E-state index < -0.39 is 0 Å². The minimum atomic E-state index is 0. The standard InChI is InChI=1S/C5H5NOS.Na.H/c7-6-3-1-2-5(8)4-6;;/h1-4,8H;;. The zero-order valence-electron chi connectivity index (χ0n) is 4.11. The topological polar surface area (TPSA) is 26.9 Å². The van der Waals surface area contributed by atoms with E-state index in [0.717, 1.165) is 0 Å². The molecule has 0 fully saturated rings. The SMILES string of the molecule is [NaH].[O-][n+]1cccc(S)c1. The van der Waals surface area contributed by atoms with E-state index in [-0.39, 0.29) is 29.6 Å². The van der Waals surface area contributed by atoms with Crippen LogP contribution in [0.3, 0.4) is 0 Å². The third kappa shape index (κ3) is 3.11. The van der Waals surface area contributed by atoms with Crippen molar-refractivity contribution in [2.45, 2.75) is 4.90 Å². The van der Waals surface area contributed by atoms with Gasteiger partial charge in [0.15, 0.2) is 12.4 Å². The quantitative estimate of drug-likeness (QED) is 0.239. The largest absolute Gasteiger partial charge is 0.619 e. The second-order valence-electron chi connectivity index (χ2n) is 1.42. The van der Waals surface area contributed by atoms with Gasteiger partial charge in [-0.2, -0.15) is 4.73 Å². The molecule has 0 spiro atoms. The summed E-state index contributed by atoms with van der Waals surface area (Å²) < 4.78 is 0.711. The van der Waals surface area contributed by atoms with Crippen LogP contribution in [-0.4, -0.2) is 29.6 Å². The van der Waals surface area contributed by atoms with Crippen molar-refractivity contribution in [1.82, 2.24) is 0 Å². The Labute approximate surface area is 81.2 Å². The maximum absolute atomic E-state index is 10.4. The Morgan fingerprint density at radius 1 is 1.56 bits per heavy atom. The predicted molar refractivity (Wildman–Crippen MR) is 39.8 cm³/mol. The van der Waals surface area contributed by atoms with E-state index in [0.29, 0.717) is 9.63 Å². The van der Waals surface area contributed by atoms with Crippen molar-refractivity contribution in [1.29, 1.82) is 0 Å². The van der Waals surface area contributed by atoms with E-state index >= 15 is 0 Å². The average Bonchev–Trinajstić information content (AvgIpc) is 1.64. The summed E-state index contributed by atoms with van der Waals surface area (Å²) in [6.07, 6.45) is 2.81. The first-order valence-electron chi connectivity index (χ1n) is 2.17. The van der Waals surface area contributed by atoms with Gasteiger partial charge in [0.1, 0.15) is 0 Å². The van der Waals surface area contributed by atoms with Gasteiger partial charge in [0.2, 0.25) is 0 Å². The molecule has 0 aliphatic rings. The molecule has 0 atom stereocenters. The van der Waals surface area contributed by atoms with Crippen molar-refractivity contribution in [3.8, 4) is 0 Å². The molecule has 0 unspecified atom stereocenters. The molecule has 0 bridgehead atoms. The summed E-state index contributed by atoms with van der Waals surface area (Å²) in [7, 11) is 0. The Bertz CT molecular complexity index is 177. The molecular formula is C5H6NNaOS. The Hall–Kier alpha value is 0.300. The van der Waals surface area contributed by atoms with Gasteiger partial charge in [-0.25, -0.2) is 0 Å². The minimum absolute atomic E-state index is 0. The number of aromatic nitrogens is 1. The number of hydrogen-bond acceptors (Lipinski definition) is 2. The van der Waals surface area contributed by atoms with Gasteiger partial charge in [-0.1, -0.05) is 0 Å². The third-order valence-corrected chi connectivity index (χ3v) is 1.02. The summed E-state index contributed by atoms with van der Waals surface area (Å²) in [6, 6.07) is 3.40. The Morgan fingerprint density at radius 2 is 2.22 bits per heavy atom. The van der Waals surface area contributed by atoms with Crippen LogP contribution in [0.5, 0.6) is 0 Å². The molecule has 0 amide bonds. The molecule has 1 rings (SSSR count). The fraction of sp³-hybridized carbons (Fsp3) is 0. The molecule has 1 aromatic rings. The molecule has 44 valence electrons. The summed E-state index contributed by atoms with van der Waals surface area (Å²) >= 11 is 3.93. The van der Waals surface area contributed by atoms with Gasteiger partial charge < -0.3 is 5.21 Å². The Morgan fingerprint density at radius 3 is 2.56 bits per heavy atom. The molecule has 9 heavy (non-hydrogen) atoms. The first kappa shape index (κ1) is 9.30. The van der Waals surface area contributed by atoms with Gasteiger partial charge in [0, 0.05) is 6.07 Å². The maximum atomic E-state index is 10.4. The monoisotopic (exact) mass is 151 g/mol. The van der Waals surface area contributed by atoms with E-state index in [4.69, 9.17) is 0 Å². The van der Waals surface area contributed by atoms with Gasteiger partial charge in [0.25, 0.3) is 0 Å². The summed E-state index contributed by atoms with van der Waals surface area (Å²) in [5.74, 6) is 0. The van der Waals surface area contributed by atoms with Gasteiger partial charge >= 0.3 is 29.6 Å². The summed E-state index contributed by atoms with van der Waals surface area (Å²) in [6.45, 7) is 0.